The van der Waals surface area contributed by atoms with E-state index in [1.165, 1.54) is 21.1 Å². The summed E-state index contributed by atoms with van der Waals surface area (Å²) in [5.41, 5.74) is 3.77. The van der Waals surface area contributed by atoms with Gasteiger partial charge in [0.1, 0.15) is 0 Å². The summed E-state index contributed by atoms with van der Waals surface area (Å²) in [6.45, 7) is 7.53. The third-order valence-electron chi connectivity index (χ3n) is 5.06. The zero-order valence-electron chi connectivity index (χ0n) is 14.4. The molecule has 1 aromatic rings. The van der Waals surface area contributed by atoms with Gasteiger partial charge in [-0.2, -0.15) is 4.31 Å². The number of sulfonamides is 1. The highest BCUT2D eigenvalue weighted by Gasteiger charge is 2.32. The van der Waals surface area contributed by atoms with Crippen LogP contribution >= 0.6 is 0 Å². The number of benzene rings is 1. The summed E-state index contributed by atoms with van der Waals surface area (Å²) >= 11 is 0. The molecule has 0 N–H and O–H groups in total. The highest BCUT2D eigenvalue weighted by atomic mass is 32.2. The van der Waals surface area contributed by atoms with Gasteiger partial charge < -0.3 is 9.80 Å². The van der Waals surface area contributed by atoms with Gasteiger partial charge in [0.25, 0.3) is 0 Å². The van der Waals surface area contributed by atoms with E-state index < -0.39 is 10.0 Å². The van der Waals surface area contributed by atoms with E-state index in [0.717, 1.165) is 13.1 Å². The number of carbonyl (C=O) groups excluding carboxylic acids is 1. The van der Waals surface area contributed by atoms with Gasteiger partial charge in [0.2, 0.25) is 15.9 Å². The van der Waals surface area contributed by atoms with Crippen LogP contribution < -0.4 is 4.90 Å². The van der Waals surface area contributed by atoms with E-state index in [-0.39, 0.29) is 18.2 Å². The SMILES string of the molecule is Cc1cccc(N2CCN(C(=O)CN3CCCS3(=O)=O)CC2)c1C. The Balaban J connectivity index is 1.59. The first kappa shape index (κ1) is 17.2. The predicted octanol–water partition coefficient (Wildman–Crippen LogP) is 0.988. The molecule has 3 rings (SSSR count). The molecule has 2 heterocycles. The summed E-state index contributed by atoms with van der Waals surface area (Å²) in [5, 5.41) is 0. The van der Waals surface area contributed by atoms with Crippen molar-refractivity contribution in [2.75, 3.05) is 49.9 Å². The normalized spacial score (nSPS) is 21.2. The zero-order chi connectivity index (χ0) is 17.3. The molecule has 24 heavy (non-hydrogen) atoms. The van der Waals surface area contributed by atoms with Crippen LogP contribution in [-0.2, 0) is 14.8 Å². The maximum atomic E-state index is 12.4. The molecular weight excluding hydrogens is 326 g/mol. The van der Waals surface area contributed by atoms with Crippen molar-refractivity contribution in [3.63, 3.8) is 0 Å². The quantitative estimate of drug-likeness (QED) is 0.815. The topological polar surface area (TPSA) is 60.9 Å². The summed E-state index contributed by atoms with van der Waals surface area (Å²) in [5.74, 6) is 0.0850. The fourth-order valence-corrected chi connectivity index (χ4v) is 4.86. The van der Waals surface area contributed by atoms with Crippen LogP contribution in [0.4, 0.5) is 5.69 Å². The highest BCUT2D eigenvalue weighted by molar-refractivity contribution is 7.89. The molecule has 2 aliphatic heterocycles. The minimum atomic E-state index is -3.21. The lowest BCUT2D eigenvalue weighted by Crippen LogP contribution is -2.51. The molecule has 2 fully saturated rings. The lowest BCUT2D eigenvalue weighted by atomic mass is 10.1. The molecule has 0 radical (unpaired) electrons. The average Bonchev–Trinajstić information content (AvgIpc) is 2.89. The number of rotatable bonds is 3. The standard InChI is InChI=1S/C17H25N3O3S/c1-14-5-3-6-16(15(14)2)18-8-10-19(11-9-18)17(21)13-20-7-4-12-24(20,22)23/h3,5-6H,4,7-13H2,1-2H3. The van der Waals surface area contributed by atoms with Crippen LogP contribution in [0.15, 0.2) is 18.2 Å². The van der Waals surface area contributed by atoms with Gasteiger partial charge in [-0.05, 0) is 37.5 Å². The van der Waals surface area contributed by atoms with E-state index in [4.69, 9.17) is 0 Å². The summed E-state index contributed by atoms with van der Waals surface area (Å²) in [4.78, 5) is 16.5. The van der Waals surface area contributed by atoms with E-state index >= 15 is 0 Å². The van der Waals surface area contributed by atoms with E-state index in [0.29, 0.717) is 26.1 Å². The molecule has 0 aromatic heterocycles. The Hall–Kier alpha value is -1.60. The second-order valence-electron chi connectivity index (χ2n) is 6.59. The summed E-state index contributed by atoms with van der Waals surface area (Å²) in [6, 6.07) is 6.29. The Bertz CT molecular complexity index is 725. The number of amides is 1. The van der Waals surface area contributed by atoms with Gasteiger partial charge in [-0.15, -0.1) is 0 Å². The Morgan fingerprint density at radius 2 is 1.79 bits per heavy atom. The van der Waals surface area contributed by atoms with Gasteiger partial charge in [0, 0.05) is 38.4 Å². The Morgan fingerprint density at radius 1 is 1.08 bits per heavy atom. The highest BCUT2D eigenvalue weighted by Crippen LogP contribution is 2.24. The molecular formula is C17H25N3O3S. The van der Waals surface area contributed by atoms with E-state index in [1.54, 1.807) is 4.90 Å². The zero-order valence-corrected chi connectivity index (χ0v) is 15.2. The van der Waals surface area contributed by atoms with Crippen molar-refractivity contribution in [3.8, 4) is 0 Å². The monoisotopic (exact) mass is 351 g/mol. The van der Waals surface area contributed by atoms with Crippen molar-refractivity contribution in [1.29, 1.82) is 0 Å². The van der Waals surface area contributed by atoms with Gasteiger partial charge in [0.15, 0.2) is 0 Å². The van der Waals surface area contributed by atoms with Crippen LogP contribution in [0.3, 0.4) is 0 Å². The molecule has 2 saturated heterocycles. The van der Waals surface area contributed by atoms with Crippen molar-refractivity contribution in [3.05, 3.63) is 29.3 Å². The minimum Gasteiger partial charge on any atom is -0.368 e. The summed E-state index contributed by atoms with van der Waals surface area (Å²) < 4.78 is 25.0. The molecule has 6 nitrogen and oxygen atoms in total. The Kier molecular flexibility index (Phi) is 4.83. The van der Waals surface area contributed by atoms with Gasteiger partial charge >= 0.3 is 0 Å². The molecule has 0 unspecified atom stereocenters. The maximum Gasteiger partial charge on any atom is 0.238 e. The molecule has 1 amide bonds. The number of anilines is 1. The number of piperazine rings is 1. The van der Waals surface area contributed by atoms with Crippen LogP contribution in [0.5, 0.6) is 0 Å². The van der Waals surface area contributed by atoms with Crippen molar-refractivity contribution in [1.82, 2.24) is 9.21 Å². The molecule has 7 heteroatoms. The number of aryl methyl sites for hydroxylation is 1. The first-order chi connectivity index (χ1) is 11.4. The largest absolute Gasteiger partial charge is 0.368 e. The molecule has 0 aliphatic carbocycles. The first-order valence-corrected chi connectivity index (χ1v) is 10.1. The molecule has 132 valence electrons. The van der Waals surface area contributed by atoms with E-state index in [1.807, 2.05) is 0 Å². The van der Waals surface area contributed by atoms with Crippen LogP contribution in [0.1, 0.15) is 17.5 Å². The van der Waals surface area contributed by atoms with Gasteiger partial charge in [0.05, 0.1) is 12.3 Å². The molecule has 2 aliphatic rings. The third kappa shape index (κ3) is 3.42. The number of hydrogen-bond donors (Lipinski definition) is 0. The first-order valence-electron chi connectivity index (χ1n) is 8.45. The van der Waals surface area contributed by atoms with Crippen molar-refractivity contribution < 1.29 is 13.2 Å². The van der Waals surface area contributed by atoms with Crippen LogP contribution in [-0.4, -0.2) is 68.6 Å². The maximum absolute atomic E-state index is 12.4. The average molecular weight is 351 g/mol. The second kappa shape index (κ2) is 6.72. The van der Waals surface area contributed by atoms with Gasteiger partial charge in [-0.1, -0.05) is 12.1 Å². The summed E-state index contributed by atoms with van der Waals surface area (Å²) in [6.07, 6.45) is 0.621. The van der Waals surface area contributed by atoms with Gasteiger partial charge in [-0.3, -0.25) is 4.79 Å². The van der Waals surface area contributed by atoms with Crippen molar-refractivity contribution >= 4 is 21.6 Å². The number of hydrogen-bond acceptors (Lipinski definition) is 4. The molecule has 0 bridgehead atoms. The Labute approximate surface area is 144 Å². The third-order valence-corrected chi connectivity index (χ3v) is 6.97. The van der Waals surface area contributed by atoms with Crippen molar-refractivity contribution in [2.45, 2.75) is 20.3 Å². The van der Waals surface area contributed by atoms with E-state index in [9.17, 15) is 13.2 Å². The lowest BCUT2D eigenvalue weighted by Gasteiger charge is -2.37. The fraction of sp³-hybridized carbons (Fsp3) is 0.588. The minimum absolute atomic E-state index is 0.00813. The smallest absolute Gasteiger partial charge is 0.238 e. The lowest BCUT2D eigenvalue weighted by molar-refractivity contribution is -0.131. The fourth-order valence-electron chi connectivity index (χ4n) is 3.39. The van der Waals surface area contributed by atoms with Gasteiger partial charge in [-0.25, -0.2) is 8.42 Å². The van der Waals surface area contributed by atoms with Crippen LogP contribution in [0.2, 0.25) is 0 Å². The Morgan fingerprint density at radius 3 is 2.42 bits per heavy atom. The molecule has 0 saturated carbocycles. The molecule has 0 spiro atoms. The summed E-state index contributed by atoms with van der Waals surface area (Å²) in [7, 11) is -3.21. The second-order valence-corrected chi connectivity index (χ2v) is 8.68. The van der Waals surface area contributed by atoms with Crippen LogP contribution in [0, 0.1) is 13.8 Å². The van der Waals surface area contributed by atoms with Crippen molar-refractivity contribution in [2.24, 2.45) is 0 Å². The molecule has 1 aromatic carbocycles. The van der Waals surface area contributed by atoms with E-state index in [2.05, 4.69) is 36.9 Å². The number of carbonyl (C=O) groups is 1. The van der Waals surface area contributed by atoms with Crippen LogP contribution in [0.25, 0.3) is 0 Å². The predicted molar refractivity (Wildman–Crippen MR) is 94.7 cm³/mol. The molecule has 0 atom stereocenters. The number of nitrogens with zero attached hydrogens (tertiary/aromatic N) is 3.